The Bertz CT molecular complexity index is 448. The maximum absolute atomic E-state index is 6.19. The third-order valence-corrected chi connectivity index (χ3v) is 5.32. The van der Waals surface area contributed by atoms with Crippen molar-refractivity contribution in [2.24, 2.45) is 5.73 Å². The van der Waals surface area contributed by atoms with E-state index in [1.165, 1.54) is 24.0 Å². The lowest BCUT2D eigenvalue weighted by Crippen LogP contribution is -2.58. The largest absolute Gasteiger partial charge is 0.329 e. The number of aryl methyl sites for hydroxylation is 1. The maximum Gasteiger partial charge on any atom is 0.0356 e. The third kappa shape index (κ3) is 3.65. The summed E-state index contributed by atoms with van der Waals surface area (Å²) in [6.07, 6.45) is 2.34. The fourth-order valence-electron chi connectivity index (χ4n) is 3.41. The second-order valence-electron chi connectivity index (χ2n) is 6.84. The number of rotatable bonds is 5. The number of likely N-dealkylation sites (N-methyl/N-ethyl adjacent to an activating group) is 1. The predicted octanol–water partition coefficient (Wildman–Crippen LogP) is 2.63. The molecule has 0 bridgehead atoms. The smallest absolute Gasteiger partial charge is 0.0356 e. The van der Waals surface area contributed by atoms with E-state index in [-0.39, 0.29) is 5.54 Å². The minimum atomic E-state index is 0.160. The summed E-state index contributed by atoms with van der Waals surface area (Å²) >= 11 is 0. The van der Waals surface area contributed by atoms with Crippen molar-refractivity contribution in [2.45, 2.75) is 51.7 Å². The molecular formula is C18H31N3. The number of nitrogens with two attached hydrogens (primary N) is 1. The van der Waals surface area contributed by atoms with E-state index in [1.807, 2.05) is 0 Å². The number of hydrogen-bond acceptors (Lipinski definition) is 3. The van der Waals surface area contributed by atoms with E-state index < -0.39 is 0 Å². The molecule has 1 heterocycles. The van der Waals surface area contributed by atoms with Gasteiger partial charge >= 0.3 is 0 Å². The van der Waals surface area contributed by atoms with Crippen LogP contribution in [0.2, 0.25) is 0 Å². The molecule has 0 atom stereocenters. The Hall–Kier alpha value is -0.900. The van der Waals surface area contributed by atoms with Gasteiger partial charge in [0.2, 0.25) is 0 Å². The lowest BCUT2D eigenvalue weighted by atomic mass is 9.85. The van der Waals surface area contributed by atoms with Crippen LogP contribution in [0.5, 0.6) is 0 Å². The molecule has 1 saturated heterocycles. The molecule has 0 unspecified atom stereocenters. The zero-order chi connectivity index (χ0) is 15.5. The molecule has 0 radical (unpaired) electrons. The molecule has 0 aromatic heterocycles. The zero-order valence-corrected chi connectivity index (χ0v) is 14.1. The number of likely N-dealkylation sites (tertiary alicyclic amines) is 1. The van der Waals surface area contributed by atoms with Crippen LogP contribution in [0.25, 0.3) is 0 Å². The second kappa shape index (κ2) is 6.91. The van der Waals surface area contributed by atoms with Crippen LogP contribution >= 0.6 is 0 Å². The fraction of sp³-hybridized carbons (Fsp3) is 0.667. The van der Waals surface area contributed by atoms with Crippen LogP contribution in [0.4, 0.5) is 0 Å². The molecule has 1 aromatic carbocycles. The summed E-state index contributed by atoms with van der Waals surface area (Å²) in [5.74, 6) is 0. The van der Waals surface area contributed by atoms with Crippen LogP contribution in [0, 0.1) is 6.92 Å². The lowest BCUT2D eigenvalue weighted by Gasteiger charge is -2.48. The Morgan fingerprint density at radius 2 is 1.86 bits per heavy atom. The molecule has 21 heavy (non-hydrogen) atoms. The van der Waals surface area contributed by atoms with Crippen LogP contribution in [0.15, 0.2) is 24.3 Å². The Morgan fingerprint density at radius 1 is 1.24 bits per heavy atom. The Kier molecular flexibility index (Phi) is 5.42. The maximum atomic E-state index is 6.19. The van der Waals surface area contributed by atoms with Gasteiger partial charge in [-0.25, -0.2) is 0 Å². The van der Waals surface area contributed by atoms with E-state index >= 15 is 0 Å². The van der Waals surface area contributed by atoms with Crippen LogP contribution in [0.3, 0.4) is 0 Å². The minimum absolute atomic E-state index is 0.160. The Labute approximate surface area is 130 Å². The van der Waals surface area contributed by atoms with E-state index in [4.69, 9.17) is 5.73 Å². The van der Waals surface area contributed by atoms with Gasteiger partial charge in [-0.2, -0.15) is 0 Å². The van der Waals surface area contributed by atoms with Crippen LogP contribution in [-0.2, 0) is 6.54 Å². The average Bonchev–Trinajstić information content (AvgIpc) is 2.49. The van der Waals surface area contributed by atoms with Gasteiger partial charge in [0.25, 0.3) is 0 Å². The van der Waals surface area contributed by atoms with E-state index in [0.29, 0.717) is 6.04 Å². The fourth-order valence-corrected chi connectivity index (χ4v) is 3.41. The van der Waals surface area contributed by atoms with Gasteiger partial charge in [-0.05, 0) is 51.8 Å². The number of benzene rings is 1. The van der Waals surface area contributed by atoms with Crippen molar-refractivity contribution in [3.8, 4) is 0 Å². The molecule has 1 fully saturated rings. The number of piperidine rings is 1. The van der Waals surface area contributed by atoms with Gasteiger partial charge in [-0.1, -0.05) is 24.3 Å². The van der Waals surface area contributed by atoms with Crippen molar-refractivity contribution in [3.63, 3.8) is 0 Å². The highest BCUT2D eigenvalue weighted by Crippen LogP contribution is 2.29. The normalized spacial score (nSPS) is 19.4. The van der Waals surface area contributed by atoms with Crippen molar-refractivity contribution in [3.05, 3.63) is 35.4 Å². The van der Waals surface area contributed by atoms with Gasteiger partial charge in [0.1, 0.15) is 0 Å². The Balaban J connectivity index is 2.06. The molecule has 0 spiro atoms. The molecule has 1 aliphatic heterocycles. The molecule has 3 heteroatoms. The highest BCUT2D eigenvalue weighted by atomic mass is 15.2. The average molecular weight is 289 g/mol. The van der Waals surface area contributed by atoms with Gasteiger partial charge in [0.15, 0.2) is 0 Å². The van der Waals surface area contributed by atoms with Crippen LogP contribution in [-0.4, -0.2) is 48.1 Å². The summed E-state index contributed by atoms with van der Waals surface area (Å²) in [6.45, 7) is 10.8. The van der Waals surface area contributed by atoms with Crippen molar-refractivity contribution in [1.82, 2.24) is 9.80 Å². The highest BCUT2D eigenvalue weighted by molar-refractivity contribution is 5.25. The van der Waals surface area contributed by atoms with Gasteiger partial charge in [-0.15, -0.1) is 0 Å². The van der Waals surface area contributed by atoms with E-state index in [1.54, 1.807) is 0 Å². The van der Waals surface area contributed by atoms with E-state index in [9.17, 15) is 0 Å². The molecule has 118 valence electrons. The monoisotopic (exact) mass is 289 g/mol. The molecular weight excluding hydrogens is 258 g/mol. The zero-order valence-electron chi connectivity index (χ0n) is 14.1. The molecule has 2 N–H and O–H groups in total. The first-order chi connectivity index (χ1) is 9.98. The van der Waals surface area contributed by atoms with Crippen molar-refractivity contribution in [1.29, 1.82) is 0 Å². The topological polar surface area (TPSA) is 32.5 Å². The molecule has 3 nitrogen and oxygen atoms in total. The summed E-state index contributed by atoms with van der Waals surface area (Å²) in [6, 6.07) is 9.31. The summed E-state index contributed by atoms with van der Waals surface area (Å²) < 4.78 is 0. The number of hydrogen-bond donors (Lipinski definition) is 1. The van der Waals surface area contributed by atoms with Gasteiger partial charge < -0.3 is 10.6 Å². The van der Waals surface area contributed by atoms with E-state index in [0.717, 1.165) is 26.2 Å². The van der Waals surface area contributed by atoms with E-state index in [2.05, 4.69) is 61.9 Å². The second-order valence-corrected chi connectivity index (χ2v) is 6.84. The minimum Gasteiger partial charge on any atom is -0.329 e. The first-order valence-electron chi connectivity index (χ1n) is 8.18. The summed E-state index contributed by atoms with van der Waals surface area (Å²) in [7, 11) is 2.24. The molecule has 0 amide bonds. The summed E-state index contributed by atoms with van der Waals surface area (Å²) in [5.41, 5.74) is 9.14. The number of nitrogens with zero attached hydrogens (tertiary/aromatic N) is 2. The molecule has 0 saturated carbocycles. The standard InChI is InChI=1S/C18H31N3/c1-15(2)21-11-9-18(14-19,10-12-21)20(4)13-17-8-6-5-7-16(17)3/h5-8,15H,9-14,19H2,1-4H3. The third-order valence-electron chi connectivity index (χ3n) is 5.32. The highest BCUT2D eigenvalue weighted by Gasteiger charge is 2.37. The first-order valence-corrected chi connectivity index (χ1v) is 8.18. The van der Waals surface area contributed by atoms with Crippen molar-refractivity contribution >= 4 is 0 Å². The lowest BCUT2D eigenvalue weighted by molar-refractivity contribution is 0.0297. The Morgan fingerprint density at radius 3 is 2.38 bits per heavy atom. The quantitative estimate of drug-likeness (QED) is 0.904. The first kappa shape index (κ1) is 16.5. The van der Waals surface area contributed by atoms with Crippen LogP contribution in [0.1, 0.15) is 37.8 Å². The molecule has 1 aromatic rings. The SMILES string of the molecule is Cc1ccccc1CN(C)C1(CN)CCN(C(C)C)CC1. The van der Waals surface area contributed by atoms with Crippen molar-refractivity contribution < 1.29 is 0 Å². The van der Waals surface area contributed by atoms with Crippen LogP contribution < -0.4 is 5.73 Å². The van der Waals surface area contributed by atoms with Gasteiger partial charge in [-0.3, -0.25) is 4.90 Å². The predicted molar refractivity (Wildman–Crippen MR) is 90.4 cm³/mol. The van der Waals surface area contributed by atoms with Gasteiger partial charge in [0.05, 0.1) is 0 Å². The molecule has 2 rings (SSSR count). The summed E-state index contributed by atoms with van der Waals surface area (Å²) in [4.78, 5) is 5.06. The van der Waals surface area contributed by atoms with Gasteiger partial charge in [0, 0.05) is 37.8 Å². The summed E-state index contributed by atoms with van der Waals surface area (Å²) in [5, 5.41) is 0. The van der Waals surface area contributed by atoms with Crippen molar-refractivity contribution in [2.75, 3.05) is 26.7 Å². The molecule has 1 aliphatic rings. The molecule has 0 aliphatic carbocycles.